The normalized spacial score (nSPS) is 10.0. The zero-order valence-electron chi connectivity index (χ0n) is 10.4. The molecule has 0 atom stereocenters. The first-order valence-electron chi connectivity index (χ1n) is 5.68. The summed E-state index contributed by atoms with van der Waals surface area (Å²) in [6.07, 6.45) is 0. The number of carboxylic acids is 1. The predicted molar refractivity (Wildman–Crippen MR) is 72.8 cm³/mol. The third-order valence-electron chi connectivity index (χ3n) is 2.62. The molecule has 0 radical (unpaired) electrons. The SMILES string of the molecule is NC(=O)c1ccc(Oc2ccc(C(=O)O)cc2N)cc1. The number of aromatic carboxylic acids is 1. The molecule has 2 rings (SSSR count). The summed E-state index contributed by atoms with van der Waals surface area (Å²) < 4.78 is 5.51. The van der Waals surface area contributed by atoms with Gasteiger partial charge in [0.25, 0.3) is 0 Å². The number of carbonyl (C=O) groups is 2. The van der Waals surface area contributed by atoms with E-state index in [1.54, 1.807) is 12.1 Å². The van der Waals surface area contributed by atoms with Gasteiger partial charge in [0, 0.05) is 5.56 Å². The van der Waals surface area contributed by atoms with E-state index in [1.165, 1.54) is 30.3 Å². The Bertz CT molecular complexity index is 665. The topological polar surface area (TPSA) is 116 Å². The van der Waals surface area contributed by atoms with Crippen LogP contribution < -0.4 is 16.2 Å². The number of hydrogen-bond donors (Lipinski definition) is 3. The lowest BCUT2D eigenvalue weighted by Gasteiger charge is -2.09. The fraction of sp³-hybridized carbons (Fsp3) is 0. The number of primary amides is 1. The van der Waals surface area contributed by atoms with Gasteiger partial charge in [0.05, 0.1) is 11.3 Å². The second-order valence-electron chi connectivity index (χ2n) is 4.05. The molecule has 6 heteroatoms. The van der Waals surface area contributed by atoms with Crippen LogP contribution in [0.2, 0.25) is 0 Å². The molecular weight excluding hydrogens is 260 g/mol. The van der Waals surface area contributed by atoms with E-state index in [4.69, 9.17) is 21.3 Å². The standard InChI is InChI=1S/C14H12N2O4/c15-11-7-9(14(18)19)3-6-12(11)20-10-4-1-8(2-5-10)13(16)17/h1-7H,15H2,(H2,16,17)(H,18,19). The van der Waals surface area contributed by atoms with Crippen LogP contribution in [0.1, 0.15) is 20.7 Å². The van der Waals surface area contributed by atoms with Crippen molar-refractivity contribution < 1.29 is 19.4 Å². The Morgan fingerprint density at radius 3 is 2.10 bits per heavy atom. The monoisotopic (exact) mass is 272 g/mol. The Morgan fingerprint density at radius 1 is 1.00 bits per heavy atom. The fourth-order valence-electron chi connectivity index (χ4n) is 1.59. The Morgan fingerprint density at radius 2 is 1.60 bits per heavy atom. The third-order valence-corrected chi connectivity index (χ3v) is 2.62. The molecule has 0 heterocycles. The van der Waals surface area contributed by atoms with Crippen molar-refractivity contribution in [1.29, 1.82) is 0 Å². The summed E-state index contributed by atoms with van der Waals surface area (Å²) in [5.74, 6) is -0.789. The van der Waals surface area contributed by atoms with Gasteiger partial charge in [-0.25, -0.2) is 4.79 Å². The van der Waals surface area contributed by atoms with E-state index in [9.17, 15) is 9.59 Å². The Hall–Kier alpha value is -3.02. The summed E-state index contributed by atoms with van der Waals surface area (Å²) in [6, 6.07) is 10.4. The van der Waals surface area contributed by atoms with Crippen molar-refractivity contribution in [2.45, 2.75) is 0 Å². The number of hydrogen-bond acceptors (Lipinski definition) is 4. The molecule has 102 valence electrons. The second-order valence-corrected chi connectivity index (χ2v) is 4.05. The van der Waals surface area contributed by atoms with Gasteiger partial charge in [-0.15, -0.1) is 0 Å². The minimum absolute atomic E-state index is 0.0823. The third kappa shape index (κ3) is 2.86. The fourth-order valence-corrected chi connectivity index (χ4v) is 1.59. The molecule has 0 fully saturated rings. The molecule has 1 amide bonds. The number of amides is 1. The lowest BCUT2D eigenvalue weighted by molar-refractivity contribution is 0.0696. The Labute approximate surface area is 114 Å². The summed E-state index contributed by atoms with van der Waals surface area (Å²) in [6.45, 7) is 0. The summed E-state index contributed by atoms with van der Waals surface area (Å²) >= 11 is 0. The van der Waals surface area contributed by atoms with Gasteiger partial charge in [-0.1, -0.05) is 0 Å². The van der Waals surface area contributed by atoms with E-state index in [0.717, 1.165) is 0 Å². The molecule has 0 spiro atoms. The van der Waals surface area contributed by atoms with E-state index in [1.807, 2.05) is 0 Å². The molecule has 0 bridgehead atoms. The summed E-state index contributed by atoms with van der Waals surface area (Å²) in [7, 11) is 0. The van der Waals surface area contributed by atoms with E-state index < -0.39 is 11.9 Å². The van der Waals surface area contributed by atoms with Crippen LogP contribution in [0.3, 0.4) is 0 Å². The summed E-state index contributed by atoms with van der Waals surface area (Å²) in [4.78, 5) is 21.7. The first-order chi connectivity index (χ1) is 9.47. The van der Waals surface area contributed by atoms with Crippen LogP contribution in [0.25, 0.3) is 0 Å². The van der Waals surface area contributed by atoms with Gasteiger partial charge >= 0.3 is 5.97 Å². The number of nitrogen functional groups attached to an aromatic ring is 1. The molecule has 0 aromatic heterocycles. The minimum Gasteiger partial charge on any atom is -0.478 e. The highest BCUT2D eigenvalue weighted by Crippen LogP contribution is 2.28. The molecule has 0 saturated heterocycles. The number of anilines is 1. The molecule has 6 nitrogen and oxygen atoms in total. The van der Waals surface area contributed by atoms with Crippen molar-refractivity contribution in [2.24, 2.45) is 5.73 Å². The molecular formula is C14H12N2O4. The molecule has 20 heavy (non-hydrogen) atoms. The molecule has 2 aromatic rings. The number of benzene rings is 2. The smallest absolute Gasteiger partial charge is 0.335 e. The van der Waals surface area contributed by atoms with Crippen molar-refractivity contribution >= 4 is 17.6 Å². The molecule has 0 saturated carbocycles. The van der Waals surface area contributed by atoms with Gasteiger partial charge in [-0.05, 0) is 42.5 Å². The maximum atomic E-state index is 10.9. The van der Waals surface area contributed by atoms with Gasteiger partial charge in [0.1, 0.15) is 11.5 Å². The van der Waals surface area contributed by atoms with Crippen molar-refractivity contribution in [3.63, 3.8) is 0 Å². The Kier molecular flexibility index (Phi) is 3.56. The molecule has 0 aliphatic rings. The highest BCUT2D eigenvalue weighted by molar-refractivity contribution is 5.92. The van der Waals surface area contributed by atoms with Crippen LogP contribution in [-0.2, 0) is 0 Å². The second kappa shape index (κ2) is 5.31. The highest BCUT2D eigenvalue weighted by Gasteiger charge is 2.08. The van der Waals surface area contributed by atoms with Crippen LogP contribution in [0.15, 0.2) is 42.5 Å². The van der Waals surface area contributed by atoms with E-state index in [2.05, 4.69) is 0 Å². The number of carboxylic acid groups (broad SMARTS) is 1. The minimum atomic E-state index is -1.06. The van der Waals surface area contributed by atoms with Crippen LogP contribution in [0.4, 0.5) is 5.69 Å². The summed E-state index contributed by atoms with van der Waals surface area (Å²) in [5.41, 5.74) is 11.5. The van der Waals surface area contributed by atoms with E-state index in [0.29, 0.717) is 17.1 Å². The maximum Gasteiger partial charge on any atom is 0.335 e. The average molecular weight is 272 g/mol. The molecule has 5 N–H and O–H groups in total. The van der Waals surface area contributed by atoms with Gasteiger partial charge in [-0.3, -0.25) is 4.79 Å². The zero-order chi connectivity index (χ0) is 14.7. The van der Waals surface area contributed by atoms with Crippen molar-refractivity contribution in [3.05, 3.63) is 53.6 Å². The largest absolute Gasteiger partial charge is 0.478 e. The first-order valence-corrected chi connectivity index (χ1v) is 5.68. The predicted octanol–water partition coefficient (Wildman–Crippen LogP) is 1.86. The van der Waals surface area contributed by atoms with Crippen molar-refractivity contribution in [3.8, 4) is 11.5 Å². The van der Waals surface area contributed by atoms with E-state index >= 15 is 0 Å². The van der Waals surface area contributed by atoms with Crippen LogP contribution >= 0.6 is 0 Å². The number of nitrogens with two attached hydrogens (primary N) is 2. The number of ether oxygens (including phenoxy) is 1. The molecule has 2 aromatic carbocycles. The maximum absolute atomic E-state index is 10.9. The Balaban J connectivity index is 2.21. The van der Waals surface area contributed by atoms with Gasteiger partial charge < -0.3 is 21.3 Å². The molecule has 0 aliphatic carbocycles. The quantitative estimate of drug-likeness (QED) is 0.734. The molecule has 0 aliphatic heterocycles. The van der Waals surface area contributed by atoms with Crippen LogP contribution in [0.5, 0.6) is 11.5 Å². The van der Waals surface area contributed by atoms with Gasteiger partial charge in [0.2, 0.25) is 5.91 Å². The van der Waals surface area contributed by atoms with Crippen molar-refractivity contribution in [2.75, 3.05) is 5.73 Å². The van der Waals surface area contributed by atoms with Crippen molar-refractivity contribution in [1.82, 2.24) is 0 Å². The zero-order valence-corrected chi connectivity index (χ0v) is 10.4. The average Bonchev–Trinajstić information content (AvgIpc) is 2.41. The van der Waals surface area contributed by atoms with E-state index in [-0.39, 0.29) is 11.3 Å². The highest BCUT2D eigenvalue weighted by atomic mass is 16.5. The number of rotatable bonds is 4. The summed E-state index contributed by atoms with van der Waals surface area (Å²) in [5, 5.41) is 8.83. The van der Waals surface area contributed by atoms with Crippen LogP contribution in [0, 0.1) is 0 Å². The lowest BCUT2D eigenvalue weighted by atomic mass is 10.2. The van der Waals surface area contributed by atoms with Crippen LogP contribution in [-0.4, -0.2) is 17.0 Å². The number of carbonyl (C=O) groups excluding carboxylic acids is 1. The lowest BCUT2D eigenvalue weighted by Crippen LogP contribution is -2.10. The first kappa shape index (κ1) is 13.4. The molecule has 0 unspecified atom stereocenters. The van der Waals surface area contributed by atoms with Gasteiger partial charge in [-0.2, -0.15) is 0 Å². The van der Waals surface area contributed by atoms with Gasteiger partial charge in [0.15, 0.2) is 0 Å².